The van der Waals surface area contributed by atoms with Gasteiger partial charge in [-0.25, -0.2) is 0 Å². The van der Waals surface area contributed by atoms with Crippen molar-refractivity contribution in [3.05, 3.63) is 35.9 Å². The van der Waals surface area contributed by atoms with E-state index in [0.717, 1.165) is 25.7 Å². The maximum Gasteiger partial charge on any atom is 0.221 e. The van der Waals surface area contributed by atoms with Crippen molar-refractivity contribution in [3.63, 3.8) is 0 Å². The Hall–Kier alpha value is -1.35. The minimum absolute atomic E-state index is 0.0809. The van der Waals surface area contributed by atoms with E-state index < -0.39 is 0 Å². The van der Waals surface area contributed by atoms with Gasteiger partial charge >= 0.3 is 0 Å². The Labute approximate surface area is 121 Å². The van der Waals surface area contributed by atoms with Gasteiger partial charge in [0.2, 0.25) is 5.91 Å². The number of hydrogen-bond acceptors (Lipinski definition) is 2. The maximum atomic E-state index is 12.3. The molecule has 0 spiro atoms. The van der Waals surface area contributed by atoms with Gasteiger partial charge in [0.1, 0.15) is 0 Å². The molecule has 0 bridgehead atoms. The molecule has 20 heavy (non-hydrogen) atoms. The van der Waals surface area contributed by atoms with Gasteiger partial charge in [0.15, 0.2) is 0 Å². The van der Waals surface area contributed by atoms with Crippen LogP contribution >= 0.6 is 0 Å². The van der Waals surface area contributed by atoms with Gasteiger partial charge in [-0.05, 0) is 36.8 Å². The Balaban J connectivity index is 1.96. The van der Waals surface area contributed by atoms with Crippen molar-refractivity contribution in [1.82, 2.24) is 5.32 Å². The van der Waals surface area contributed by atoms with Crippen LogP contribution in [0.5, 0.6) is 0 Å². The molecule has 1 aromatic carbocycles. The molecule has 1 atom stereocenters. The molecular formula is C17H26N2O. The monoisotopic (exact) mass is 274 g/mol. The molecule has 0 aliphatic heterocycles. The molecule has 1 aromatic rings. The van der Waals surface area contributed by atoms with Crippen molar-refractivity contribution >= 4 is 5.91 Å². The molecule has 2 rings (SSSR count). The molecule has 3 nitrogen and oxygen atoms in total. The standard InChI is InChI=1S/C17H26N2O/c1-2-7-15(14-8-4-3-5-9-14)19-16(20)12-17(13-18)10-6-11-17/h3-5,8-9,15H,2,6-7,10-13,18H2,1H3,(H,19,20). The average Bonchev–Trinajstić information content (AvgIpc) is 2.43. The zero-order chi connectivity index (χ0) is 14.4. The van der Waals surface area contributed by atoms with E-state index in [4.69, 9.17) is 5.73 Å². The van der Waals surface area contributed by atoms with Crippen LogP contribution in [0.25, 0.3) is 0 Å². The van der Waals surface area contributed by atoms with Crippen molar-refractivity contribution < 1.29 is 4.79 Å². The van der Waals surface area contributed by atoms with Crippen molar-refractivity contribution in [2.75, 3.05) is 6.54 Å². The molecule has 110 valence electrons. The van der Waals surface area contributed by atoms with Crippen molar-refractivity contribution in [1.29, 1.82) is 0 Å². The zero-order valence-corrected chi connectivity index (χ0v) is 12.4. The number of nitrogens with two attached hydrogens (primary N) is 1. The highest BCUT2D eigenvalue weighted by Crippen LogP contribution is 2.43. The van der Waals surface area contributed by atoms with E-state index in [-0.39, 0.29) is 17.4 Å². The van der Waals surface area contributed by atoms with E-state index in [2.05, 4.69) is 24.4 Å². The second-order valence-corrected chi connectivity index (χ2v) is 6.05. The SMILES string of the molecule is CCCC(NC(=O)CC1(CN)CCC1)c1ccccc1. The molecule has 0 radical (unpaired) electrons. The van der Waals surface area contributed by atoms with Gasteiger partial charge < -0.3 is 11.1 Å². The van der Waals surface area contributed by atoms with Crippen LogP contribution in [0.2, 0.25) is 0 Å². The van der Waals surface area contributed by atoms with Crippen molar-refractivity contribution in [2.45, 2.75) is 51.5 Å². The first-order chi connectivity index (χ1) is 9.69. The lowest BCUT2D eigenvalue weighted by Crippen LogP contribution is -2.42. The fourth-order valence-corrected chi connectivity index (χ4v) is 3.01. The quantitative estimate of drug-likeness (QED) is 0.802. The summed E-state index contributed by atoms with van der Waals surface area (Å²) >= 11 is 0. The highest BCUT2D eigenvalue weighted by molar-refractivity contribution is 5.77. The summed E-state index contributed by atoms with van der Waals surface area (Å²) in [7, 11) is 0. The summed E-state index contributed by atoms with van der Waals surface area (Å²) in [6.07, 6.45) is 6.02. The first kappa shape index (κ1) is 15.0. The number of carbonyl (C=O) groups is 1. The Morgan fingerprint density at radius 2 is 2.05 bits per heavy atom. The second kappa shape index (κ2) is 6.89. The predicted molar refractivity (Wildman–Crippen MR) is 82.2 cm³/mol. The predicted octanol–water partition coefficient (Wildman–Crippen LogP) is 3.16. The van der Waals surface area contributed by atoms with Crippen LogP contribution < -0.4 is 11.1 Å². The Bertz CT molecular complexity index is 420. The number of hydrogen-bond donors (Lipinski definition) is 2. The van der Waals surface area contributed by atoms with Gasteiger partial charge in [0.25, 0.3) is 0 Å². The highest BCUT2D eigenvalue weighted by Gasteiger charge is 2.37. The summed E-state index contributed by atoms with van der Waals surface area (Å²) in [4.78, 5) is 12.3. The van der Waals surface area contributed by atoms with Crippen LogP contribution in [0.15, 0.2) is 30.3 Å². The minimum atomic E-state index is 0.0809. The number of benzene rings is 1. The molecule has 3 heteroatoms. The van der Waals surface area contributed by atoms with Gasteiger partial charge in [-0.15, -0.1) is 0 Å². The van der Waals surface area contributed by atoms with E-state index in [1.54, 1.807) is 0 Å². The molecular weight excluding hydrogens is 248 g/mol. The van der Waals surface area contributed by atoms with Crippen LogP contribution in [0.3, 0.4) is 0 Å². The lowest BCUT2D eigenvalue weighted by atomic mass is 9.66. The molecule has 1 fully saturated rings. The molecule has 0 heterocycles. The second-order valence-electron chi connectivity index (χ2n) is 6.05. The third-order valence-corrected chi connectivity index (χ3v) is 4.50. The fourth-order valence-electron chi connectivity index (χ4n) is 3.01. The third kappa shape index (κ3) is 3.60. The molecule has 3 N–H and O–H groups in total. The van der Waals surface area contributed by atoms with E-state index >= 15 is 0 Å². The molecule has 1 amide bonds. The topological polar surface area (TPSA) is 55.1 Å². The van der Waals surface area contributed by atoms with Gasteiger partial charge in [0.05, 0.1) is 6.04 Å². The Kier molecular flexibility index (Phi) is 5.18. The number of amides is 1. The van der Waals surface area contributed by atoms with Crippen LogP contribution in [0, 0.1) is 5.41 Å². The molecule has 1 unspecified atom stereocenters. The largest absolute Gasteiger partial charge is 0.349 e. The summed E-state index contributed by atoms with van der Waals surface area (Å²) in [5.74, 6) is 0.150. The van der Waals surface area contributed by atoms with Crippen LogP contribution in [0.1, 0.15) is 57.1 Å². The van der Waals surface area contributed by atoms with E-state index in [9.17, 15) is 4.79 Å². The minimum Gasteiger partial charge on any atom is -0.349 e. The van der Waals surface area contributed by atoms with Gasteiger partial charge in [0, 0.05) is 6.42 Å². The molecule has 1 aliphatic rings. The van der Waals surface area contributed by atoms with Crippen molar-refractivity contribution in [3.8, 4) is 0 Å². The van der Waals surface area contributed by atoms with Crippen molar-refractivity contribution in [2.24, 2.45) is 11.1 Å². The average molecular weight is 274 g/mol. The van der Waals surface area contributed by atoms with Crippen LogP contribution in [-0.4, -0.2) is 12.5 Å². The number of rotatable bonds is 7. The Morgan fingerprint density at radius 3 is 2.55 bits per heavy atom. The third-order valence-electron chi connectivity index (χ3n) is 4.50. The van der Waals surface area contributed by atoms with E-state index in [1.165, 1.54) is 12.0 Å². The molecule has 1 aliphatic carbocycles. The van der Waals surface area contributed by atoms with Crippen LogP contribution in [0.4, 0.5) is 0 Å². The first-order valence-corrected chi connectivity index (χ1v) is 7.73. The highest BCUT2D eigenvalue weighted by atomic mass is 16.1. The van der Waals surface area contributed by atoms with Gasteiger partial charge in [-0.2, -0.15) is 0 Å². The summed E-state index contributed by atoms with van der Waals surface area (Å²) in [6, 6.07) is 10.4. The normalized spacial score (nSPS) is 18.1. The Morgan fingerprint density at radius 1 is 1.35 bits per heavy atom. The summed E-state index contributed by atoms with van der Waals surface area (Å²) < 4.78 is 0. The van der Waals surface area contributed by atoms with E-state index in [1.807, 2.05) is 18.2 Å². The van der Waals surface area contributed by atoms with Crippen LogP contribution in [-0.2, 0) is 4.79 Å². The summed E-state index contributed by atoms with van der Waals surface area (Å²) in [5, 5.41) is 3.20. The zero-order valence-electron chi connectivity index (χ0n) is 12.4. The molecule has 1 saturated carbocycles. The fraction of sp³-hybridized carbons (Fsp3) is 0.588. The maximum absolute atomic E-state index is 12.3. The van der Waals surface area contributed by atoms with Gasteiger partial charge in [-0.3, -0.25) is 4.79 Å². The summed E-state index contributed by atoms with van der Waals surface area (Å²) in [5.41, 5.74) is 7.11. The lowest BCUT2D eigenvalue weighted by molar-refractivity contribution is -0.125. The number of nitrogens with one attached hydrogen (secondary N) is 1. The summed E-state index contributed by atoms with van der Waals surface area (Å²) in [6.45, 7) is 2.78. The number of carbonyl (C=O) groups excluding carboxylic acids is 1. The lowest BCUT2D eigenvalue weighted by Gasteiger charge is -2.40. The molecule has 0 aromatic heterocycles. The first-order valence-electron chi connectivity index (χ1n) is 7.73. The smallest absolute Gasteiger partial charge is 0.221 e. The molecule has 0 saturated heterocycles. The van der Waals surface area contributed by atoms with E-state index in [0.29, 0.717) is 13.0 Å². The van der Waals surface area contributed by atoms with Gasteiger partial charge in [-0.1, -0.05) is 50.1 Å².